The zero-order valence-electron chi connectivity index (χ0n) is 18.8. The van der Waals surface area contributed by atoms with Crippen molar-refractivity contribution in [3.05, 3.63) is 95.7 Å². The highest BCUT2D eigenvalue weighted by Crippen LogP contribution is 2.47. The topological polar surface area (TPSA) is 60.6 Å². The smallest absolute Gasteiger partial charge is 0.406 e. The molecule has 0 radical (unpaired) electrons. The highest BCUT2D eigenvalue weighted by atomic mass is 19.4. The number of benzene rings is 3. The Morgan fingerprint density at radius 3 is 2.20 bits per heavy atom. The Balaban J connectivity index is 1.51. The van der Waals surface area contributed by atoms with Gasteiger partial charge in [0.25, 0.3) is 0 Å². The Morgan fingerprint density at radius 1 is 0.886 bits per heavy atom. The minimum Gasteiger partial charge on any atom is -0.406 e. The van der Waals surface area contributed by atoms with E-state index in [4.69, 9.17) is 15.6 Å². The molecule has 1 aliphatic carbocycles. The second-order valence-corrected chi connectivity index (χ2v) is 8.52. The molecule has 180 valence electrons. The van der Waals surface area contributed by atoms with Crippen molar-refractivity contribution >= 4 is 16.6 Å². The first kappa shape index (κ1) is 23.0. The Bertz CT molecular complexity index is 1300. The number of rotatable bonds is 8. The number of alkyl halides is 3. The van der Waals surface area contributed by atoms with E-state index < -0.39 is 6.36 Å². The Morgan fingerprint density at radius 2 is 1.54 bits per heavy atom. The molecule has 5 nitrogen and oxygen atoms in total. The van der Waals surface area contributed by atoms with Crippen molar-refractivity contribution in [3.63, 3.8) is 0 Å². The Labute approximate surface area is 200 Å². The molecule has 4 aromatic rings. The highest BCUT2D eigenvalue weighted by Gasteiger charge is 2.32. The molecule has 5 rings (SSSR count). The molecule has 0 atom stereocenters. The molecule has 1 aliphatic rings. The van der Waals surface area contributed by atoms with Gasteiger partial charge in [-0.05, 0) is 59.5 Å². The van der Waals surface area contributed by atoms with E-state index in [2.05, 4.69) is 10.8 Å². The summed E-state index contributed by atoms with van der Waals surface area (Å²) in [6.45, 7) is 0.699. The third-order valence-corrected chi connectivity index (χ3v) is 5.90. The highest BCUT2D eigenvalue weighted by molar-refractivity contribution is 5.89. The normalized spacial score (nSPS) is 13.6. The molecular formula is C27H24F3N3O2. The number of nitrogens with zero attached hydrogens (tertiary/aromatic N) is 2. The molecule has 1 heterocycles. The number of fused-ring (bicyclic) bond motifs is 1. The van der Waals surface area contributed by atoms with Gasteiger partial charge in [0.15, 0.2) is 11.6 Å². The van der Waals surface area contributed by atoms with E-state index in [0.717, 1.165) is 40.3 Å². The predicted molar refractivity (Wildman–Crippen MR) is 128 cm³/mol. The van der Waals surface area contributed by atoms with Crippen molar-refractivity contribution in [1.82, 2.24) is 4.98 Å². The number of anilines is 1. The first-order valence-electron chi connectivity index (χ1n) is 11.4. The van der Waals surface area contributed by atoms with Crippen LogP contribution in [0.25, 0.3) is 10.8 Å². The van der Waals surface area contributed by atoms with Gasteiger partial charge >= 0.3 is 6.36 Å². The molecule has 0 saturated heterocycles. The fraction of sp³-hybridized carbons (Fsp3) is 0.222. The number of aromatic nitrogens is 1. The van der Waals surface area contributed by atoms with Crippen LogP contribution in [0.3, 0.4) is 0 Å². The van der Waals surface area contributed by atoms with Crippen LogP contribution in [0.1, 0.15) is 35.4 Å². The van der Waals surface area contributed by atoms with Gasteiger partial charge in [0.2, 0.25) is 0 Å². The molecule has 1 fully saturated rings. The van der Waals surface area contributed by atoms with Gasteiger partial charge in [0.05, 0.1) is 6.54 Å². The summed E-state index contributed by atoms with van der Waals surface area (Å²) >= 11 is 0. The summed E-state index contributed by atoms with van der Waals surface area (Å²) in [5, 5.41) is 3.89. The summed E-state index contributed by atoms with van der Waals surface area (Å²) in [5.41, 5.74) is 8.56. The maximum Gasteiger partial charge on any atom is 0.573 e. The van der Waals surface area contributed by atoms with Crippen LogP contribution in [0.2, 0.25) is 0 Å². The van der Waals surface area contributed by atoms with Crippen LogP contribution in [-0.2, 0) is 13.1 Å². The summed E-state index contributed by atoms with van der Waals surface area (Å²) in [6.07, 6.45) is -0.762. The average Bonchev–Trinajstić information content (AvgIpc) is 3.69. The molecule has 0 spiro atoms. The summed E-state index contributed by atoms with van der Waals surface area (Å²) in [7, 11) is 0. The number of nitrogens with two attached hydrogens (primary N) is 1. The lowest BCUT2D eigenvalue weighted by molar-refractivity contribution is -0.274. The third kappa shape index (κ3) is 5.49. The van der Waals surface area contributed by atoms with Gasteiger partial charge in [-0.2, -0.15) is 5.06 Å². The first-order valence-corrected chi connectivity index (χ1v) is 11.4. The fourth-order valence-corrected chi connectivity index (χ4v) is 4.08. The largest absolute Gasteiger partial charge is 0.573 e. The standard InChI is InChI=1S/C27H24F3N3O2/c28-27(29,30)34-22-11-7-19(8-12-22)17-33(35-23-13-5-18(15-31)6-14-23)26-25(20-9-10-20)24-4-2-1-3-21(24)16-32-26/h1-8,11-14,16,20H,9-10,15,17,31H2. The lowest BCUT2D eigenvalue weighted by atomic mass is 10.0. The summed E-state index contributed by atoms with van der Waals surface area (Å²) < 4.78 is 41.7. The van der Waals surface area contributed by atoms with Crippen LogP contribution in [0.15, 0.2) is 79.0 Å². The summed E-state index contributed by atoms with van der Waals surface area (Å²) in [4.78, 5) is 11.1. The van der Waals surface area contributed by atoms with Gasteiger partial charge in [-0.15, -0.1) is 13.2 Å². The quantitative estimate of drug-likeness (QED) is 0.294. The minimum atomic E-state index is -4.74. The maximum absolute atomic E-state index is 12.6. The van der Waals surface area contributed by atoms with Gasteiger partial charge in [0.1, 0.15) is 5.75 Å². The predicted octanol–water partition coefficient (Wildman–Crippen LogP) is 6.47. The van der Waals surface area contributed by atoms with Gasteiger partial charge in [-0.25, -0.2) is 4.98 Å². The van der Waals surface area contributed by atoms with Crippen molar-refractivity contribution in [2.24, 2.45) is 5.73 Å². The monoisotopic (exact) mass is 479 g/mol. The molecule has 1 aromatic heterocycles. The van der Waals surface area contributed by atoms with Gasteiger partial charge in [0, 0.05) is 23.7 Å². The fourth-order valence-electron chi connectivity index (χ4n) is 4.08. The molecule has 0 bridgehead atoms. The zero-order valence-corrected chi connectivity index (χ0v) is 18.8. The van der Waals surface area contributed by atoms with Crippen LogP contribution in [-0.4, -0.2) is 11.3 Å². The second-order valence-electron chi connectivity index (χ2n) is 8.52. The molecular weight excluding hydrogens is 455 g/mol. The maximum atomic E-state index is 12.6. The SMILES string of the molecule is NCc1ccc(ON(Cc2ccc(OC(F)(F)F)cc2)c2ncc3ccccc3c2C2CC2)cc1. The van der Waals surface area contributed by atoms with Crippen molar-refractivity contribution in [3.8, 4) is 11.5 Å². The zero-order chi connectivity index (χ0) is 24.4. The van der Waals surface area contributed by atoms with Crippen LogP contribution in [0.5, 0.6) is 11.5 Å². The average molecular weight is 480 g/mol. The number of hydrogen-bond donors (Lipinski definition) is 1. The van der Waals surface area contributed by atoms with Gasteiger partial charge in [-0.1, -0.05) is 48.5 Å². The number of ether oxygens (including phenoxy) is 1. The summed E-state index contributed by atoms with van der Waals surface area (Å²) in [6, 6.07) is 21.4. The van der Waals surface area contributed by atoms with E-state index in [1.54, 1.807) is 17.2 Å². The Kier molecular flexibility index (Phi) is 6.21. The van der Waals surface area contributed by atoms with Crippen molar-refractivity contribution in [2.75, 3.05) is 5.06 Å². The van der Waals surface area contributed by atoms with E-state index in [0.29, 0.717) is 24.0 Å². The second kappa shape index (κ2) is 9.46. The van der Waals surface area contributed by atoms with Crippen molar-refractivity contribution in [1.29, 1.82) is 0 Å². The van der Waals surface area contributed by atoms with E-state index in [-0.39, 0.29) is 12.3 Å². The van der Waals surface area contributed by atoms with E-state index in [9.17, 15) is 13.2 Å². The molecule has 35 heavy (non-hydrogen) atoms. The lowest BCUT2D eigenvalue weighted by Crippen LogP contribution is -2.29. The number of halogens is 3. The Hall–Kier alpha value is -3.78. The van der Waals surface area contributed by atoms with E-state index >= 15 is 0 Å². The van der Waals surface area contributed by atoms with Crippen molar-refractivity contribution in [2.45, 2.75) is 38.2 Å². The van der Waals surface area contributed by atoms with Gasteiger partial charge < -0.3 is 15.3 Å². The van der Waals surface area contributed by atoms with Crippen LogP contribution in [0, 0.1) is 0 Å². The number of hydroxylamine groups is 1. The molecule has 0 aliphatic heterocycles. The lowest BCUT2D eigenvalue weighted by Gasteiger charge is -2.26. The molecule has 0 amide bonds. The molecule has 1 saturated carbocycles. The van der Waals surface area contributed by atoms with Crippen LogP contribution in [0.4, 0.5) is 19.0 Å². The van der Waals surface area contributed by atoms with E-state index in [1.807, 2.05) is 48.7 Å². The van der Waals surface area contributed by atoms with Crippen LogP contribution >= 0.6 is 0 Å². The molecule has 3 aromatic carbocycles. The molecule has 2 N–H and O–H groups in total. The summed E-state index contributed by atoms with van der Waals surface area (Å²) in [5.74, 6) is 1.42. The minimum absolute atomic E-state index is 0.270. The van der Waals surface area contributed by atoms with Crippen molar-refractivity contribution < 1.29 is 22.7 Å². The third-order valence-electron chi connectivity index (χ3n) is 5.90. The van der Waals surface area contributed by atoms with Gasteiger partial charge in [-0.3, -0.25) is 0 Å². The number of hydrogen-bond acceptors (Lipinski definition) is 5. The molecule has 0 unspecified atom stereocenters. The number of pyridine rings is 1. The first-order chi connectivity index (χ1) is 16.9. The molecule has 8 heteroatoms. The van der Waals surface area contributed by atoms with Crippen LogP contribution < -0.4 is 20.4 Å². The van der Waals surface area contributed by atoms with E-state index in [1.165, 1.54) is 12.1 Å².